The average molecular weight is 335 g/mol. The average Bonchev–Trinajstić information content (AvgIpc) is 3.12. The van der Waals surface area contributed by atoms with Crippen LogP contribution in [0.1, 0.15) is 31.2 Å². The highest BCUT2D eigenvalue weighted by atomic mass is 16.4. The lowest BCUT2D eigenvalue weighted by molar-refractivity contribution is -0.116. The van der Waals surface area contributed by atoms with Crippen molar-refractivity contribution in [2.75, 3.05) is 5.32 Å². The molecular weight excluding hydrogens is 314 g/mol. The summed E-state index contributed by atoms with van der Waals surface area (Å²) in [6.45, 7) is 2.15. The van der Waals surface area contributed by atoms with E-state index >= 15 is 0 Å². The fraction of sp³-hybridized carbons (Fsp3) is 0.250. The van der Waals surface area contributed by atoms with Gasteiger partial charge in [-0.1, -0.05) is 43.7 Å². The van der Waals surface area contributed by atoms with Crippen molar-refractivity contribution in [1.29, 1.82) is 0 Å². The third-order valence-corrected chi connectivity index (χ3v) is 3.83. The van der Waals surface area contributed by atoms with Crippen LogP contribution >= 0.6 is 0 Å². The molecular formula is C20H21N3O2. The van der Waals surface area contributed by atoms with E-state index in [1.165, 1.54) is 5.56 Å². The standard InChI is InChI=1S/C20H21N3O2/c1-2-6-15-9-11-17(12-10-15)21-18(24)13-14-19-22-23-20(25-19)16-7-4-3-5-8-16/h3-5,7-12H,2,6,13-14H2,1H3,(H,21,24). The Morgan fingerprint density at radius 1 is 1.00 bits per heavy atom. The molecule has 0 aliphatic heterocycles. The highest BCUT2D eigenvalue weighted by molar-refractivity contribution is 5.90. The number of hydrogen-bond donors (Lipinski definition) is 1. The van der Waals surface area contributed by atoms with Crippen LogP contribution < -0.4 is 5.32 Å². The molecule has 0 radical (unpaired) electrons. The molecule has 3 rings (SSSR count). The molecule has 0 atom stereocenters. The van der Waals surface area contributed by atoms with E-state index in [2.05, 4.69) is 22.4 Å². The smallest absolute Gasteiger partial charge is 0.247 e. The topological polar surface area (TPSA) is 68.0 Å². The minimum atomic E-state index is -0.0669. The van der Waals surface area contributed by atoms with Crippen LogP contribution in [0.25, 0.3) is 11.5 Å². The number of carbonyl (C=O) groups excluding carboxylic acids is 1. The van der Waals surface area contributed by atoms with Crippen LogP contribution in [-0.2, 0) is 17.6 Å². The summed E-state index contributed by atoms with van der Waals surface area (Å²) in [5, 5.41) is 10.9. The Morgan fingerprint density at radius 2 is 1.76 bits per heavy atom. The van der Waals surface area contributed by atoms with E-state index in [-0.39, 0.29) is 5.91 Å². The van der Waals surface area contributed by atoms with Crippen molar-refractivity contribution in [3.8, 4) is 11.5 Å². The SMILES string of the molecule is CCCc1ccc(NC(=O)CCc2nnc(-c3ccccc3)o2)cc1. The minimum absolute atomic E-state index is 0.0669. The number of amides is 1. The number of nitrogens with zero attached hydrogens (tertiary/aromatic N) is 2. The Balaban J connectivity index is 1.51. The van der Waals surface area contributed by atoms with E-state index in [9.17, 15) is 4.79 Å². The van der Waals surface area contributed by atoms with Crippen molar-refractivity contribution in [1.82, 2.24) is 10.2 Å². The molecule has 0 aliphatic carbocycles. The van der Waals surface area contributed by atoms with E-state index in [0.717, 1.165) is 24.1 Å². The van der Waals surface area contributed by atoms with Crippen LogP contribution in [-0.4, -0.2) is 16.1 Å². The zero-order valence-electron chi connectivity index (χ0n) is 14.2. The van der Waals surface area contributed by atoms with E-state index in [4.69, 9.17) is 4.42 Å². The molecule has 1 heterocycles. The molecule has 2 aromatic carbocycles. The quantitative estimate of drug-likeness (QED) is 0.700. The van der Waals surface area contributed by atoms with Gasteiger partial charge in [-0.05, 0) is 36.2 Å². The molecule has 0 aliphatic rings. The molecule has 5 heteroatoms. The maximum absolute atomic E-state index is 12.1. The van der Waals surface area contributed by atoms with Crippen molar-refractivity contribution in [3.63, 3.8) is 0 Å². The molecule has 1 aromatic heterocycles. The number of aromatic nitrogens is 2. The summed E-state index contributed by atoms with van der Waals surface area (Å²) in [6, 6.07) is 17.5. The van der Waals surface area contributed by atoms with Crippen LogP contribution in [0.4, 0.5) is 5.69 Å². The van der Waals surface area contributed by atoms with Gasteiger partial charge in [0.25, 0.3) is 0 Å². The summed E-state index contributed by atoms with van der Waals surface area (Å²) in [6.07, 6.45) is 2.88. The summed E-state index contributed by atoms with van der Waals surface area (Å²) >= 11 is 0. The summed E-state index contributed by atoms with van der Waals surface area (Å²) in [5.41, 5.74) is 2.96. The van der Waals surface area contributed by atoms with Gasteiger partial charge in [-0.3, -0.25) is 4.79 Å². The highest BCUT2D eigenvalue weighted by Gasteiger charge is 2.10. The van der Waals surface area contributed by atoms with Crippen molar-refractivity contribution in [2.24, 2.45) is 0 Å². The van der Waals surface area contributed by atoms with Crippen LogP contribution in [0.5, 0.6) is 0 Å². The van der Waals surface area contributed by atoms with Gasteiger partial charge in [-0.15, -0.1) is 10.2 Å². The van der Waals surface area contributed by atoms with Crippen molar-refractivity contribution < 1.29 is 9.21 Å². The summed E-state index contributed by atoms with van der Waals surface area (Å²) in [4.78, 5) is 12.1. The van der Waals surface area contributed by atoms with Crippen molar-refractivity contribution >= 4 is 11.6 Å². The number of anilines is 1. The fourth-order valence-electron chi connectivity index (χ4n) is 2.54. The summed E-state index contributed by atoms with van der Waals surface area (Å²) in [7, 11) is 0. The largest absolute Gasteiger partial charge is 0.421 e. The molecule has 1 N–H and O–H groups in total. The van der Waals surface area contributed by atoms with Crippen LogP contribution in [0.15, 0.2) is 59.0 Å². The van der Waals surface area contributed by atoms with E-state index in [1.54, 1.807) is 0 Å². The lowest BCUT2D eigenvalue weighted by atomic mass is 10.1. The third kappa shape index (κ3) is 4.76. The van der Waals surface area contributed by atoms with Gasteiger partial charge in [-0.25, -0.2) is 0 Å². The van der Waals surface area contributed by atoms with Gasteiger partial charge < -0.3 is 9.73 Å². The van der Waals surface area contributed by atoms with Gasteiger partial charge in [0.15, 0.2) is 0 Å². The summed E-state index contributed by atoms with van der Waals surface area (Å²) in [5.74, 6) is 0.873. The highest BCUT2D eigenvalue weighted by Crippen LogP contribution is 2.17. The molecule has 0 bridgehead atoms. The Bertz CT molecular complexity index is 810. The molecule has 25 heavy (non-hydrogen) atoms. The Hall–Kier alpha value is -2.95. The second-order valence-corrected chi connectivity index (χ2v) is 5.86. The van der Waals surface area contributed by atoms with Crippen LogP contribution in [0.3, 0.4) is 0 Å². The first-order valence-electron chi connectivity index (χ1n) is 8.51. The van der Waals surface area contributed by atoms with Gasteiger partial charge in [0.05, 0.1) is 0 Å². The molecule has 0 unspecified atom stereocenters. The summed E-state index contributed by atoms with van der Waals surface area (Å²) < 4.78 is 5.61. The molecule has 0 fully saturated rings. The number of aryl methyl sites for hydroxylation is 2. The molecule has 5 nitrogen and oxygen atoms in total. The molecule has 0 spiro atoms. The predicted octanol–water partition coefficient (Wildman–Crippen LogP) is 4.26. The number of hydrogen-bond acceptors (Lipinski definition) is 4. The first-order valence-corrected chi connectivity index (χ1v) is 8.51. The lowest BCUT2D eigenvalue weighted by Crippen LogP contribution is -2.12. The number of carbonyl (C=O) groups is 1. The number of rotatable bonds is 7. The van der Waals surface area contributed by atoms with Gasteiger partial charge in [0, 0.05) is 24.1 Å². The number of benzene rings is 2. The fourth-order valence-corrected chi connectivity index (χ4v) is 2.54. The zero-order valence-corrected chi connectivity index (χ0v) is 14.2. The van der Waals surface area contributed by atoms with Crippen LogP contribution in [0, 0.1) is 0 Å². The van der Waals surface area contributed by atoms with Gasteiger partial charge in [0.2, 0.25) is 17.7 Å². The van der Waals surface area contributed by atoms with Crippen LogP contribution in [0.2, 0.25) is 0 Å². The second-order valence-electron chi connectivity index (χ2n) is 5.86. The molecule has 0 saturated heterocycles. The second kappa shape index (κ2) is 8.24. The van der Waals surface area contributed by atoms with Gasteiger partial charge in [-0.2, -0.15) is 0 Å². The first-order chi connectivity index (χ1) is 12.2. The van der Waals surface area contributed by atoms with Crippen molar-refractivity contribution in [2.45, 2.75) is 32.6 Å². The van der Waals surface area contributed by atoms with Crippen molar-refractivity contribution in [3.05, 3.63) is 66.1 Å². The minimum Gasteiger partial charge on any atom is -0.421 e. The van der Waals surface area contributed by atoms with E-state index < -0.39 is 0 Å². The first kappa shape index (κ1) is 16.9. The Kier molecular flexibility index (Phi) is 5.57. The van der Waals surface area contributed by atoms with E-state index in [1.807, 2.05) is 54.6 Å². The zero-order chi connectivity index (χ0) is 17.5. The molecule has 0 saturated carbocycles. The van der Waals surface area contributed by atoms with E-state index in [0.29, 0.717) is 24.6 Å². The third-order valence-electron chi connectivity index (χ3n) is 3.83. The number of nitrogens with one attached hydrogen (secondary N) is 1. The van der Waals surface area contributed by atoms with Gasteiger partial charge >= 0.3 is 0 Å². The molecule has 128 valence electrons. The monoisotopic (exact) mass is 335 g/mol. The maximum Gasteiger partial charge on any atom is 0.247 e. The normalized spacial score (nSPS) is 10.6. The Labute approximate surface area is 147 Å². The lowest BCUT2D eigenvalue weighted by Gasteiger charge is -2.05. The maximum atomic E-state index is 12.1. The molecule has 3 aromatic rings. The van der Waals surface area contributed by atoms with Gasteiger partial charge in [0.1, 0.15) is 0 Å². The molecule has 1 amide bonds. The Morgan fingerprint density at radius 3 is 2.48 bits per heavy atom. The predicted molar refractivity (Wildman–Crippen MR) is 97.1 cm³/mol.